The number of rotatable bonds is 7. The first-order valence-corrected chi connectivity index (χ1v) is 13.8. The van der Waals surface area contributed by atoms with Crippen LogP contribution in [0.15, 0.2) is 66.1 Å². The van der Waals surface area contributed by atoms with Crippen LogP contribution in [0.2, 0.25) is 0 Å². The Morgan fingerprint density at radius 3 is 2.37 bits per heavy atom. The zero-order valence-electron chi connectivity index (χ0n) is 20.2. The second kappa shape index (κ2) is 7.91. The molecule has 0 amide bonds. The van der Waals surface area contributed by atoms with E-state index in [1.165, 1.54) is 29.2 Å². The van der Waals surface area contributed by atoms with Gasteiger partial charge in [0.15, 0.2) is 5.03 Å². The summed E-state index contributed by atoms with van der Waals surface area (Å²) in [5.74, 6) is 1.06. The summed E-state index contributed by atoms with van der Waals surface area (Å²) < 4.78 is 29.8. The predicted octanol–water partition coefficient (Wildman–Crippen LogP) is 2.96. The summed E-state index contributed by atoms with van der Waals surface area (Å²) in [4.78, 5) is 6.42. The lowest BCUT2D eigenvalue weighted by molar-refractivity contribution is 0.0139. The number of anilines is 1. The molecule has 1 saturated heterocycles. The molecule has 2 heterocycles. The van der Waals surface area contributed by atoms with Gasteiger partial charge in [0.1, 0.15) is 0 Å². The summed E-state index contributed by atoms with van der Waals surface area (Å²) in [5.41, 5.74) is 3.70. The van der Waals surface area contributed by atoms with Gasteiger partial charge in [0.25, 0.3) is 10.0 Å². The number of aliphatic hydroxyl groups is 1. The van der Waals surface area contributed by atoms with Gasteiger partial charge in [0, 0.05) is 56.8 Å². The number of aromatic nitrogens is 2. The van der Waals surface area contributed by atoms with Crippen molar-refractivity contribution in [1.29, 1.82) is 0 Å². The Morgan fingerprint density at radius 1 is 1.09 bits per heavy atom. The Kier molecular flexibility index (Phi) is 5.15. The van der Waals surface area contributed by atoms with Crippen LogP contribution in [0.5, 0.6) is 0 Å². The fourth-order valence-electron chi connectivity index (χ4n) is 6.91. The van der Waals surface area contributed by atoms with E-state index in [0.717, 1.165) is 32.4 Å². The van der Waals surface area contributed by atoms with Crippen LogP contribution in [0, 0.1) is 11.8 Å². The number of piperidine rings is 1. The molecule has 1 saturated carbocycles. The van der Waals surface area contributed by atoms with E-state index in [9.17, 15) is 13.5 Å². The van der Waals surface area contributed by atoms with Gasteiger partial charge in [-0.3, -0.25) is 9.62 Å². The van der Waals surface area contributed by atoms with Crippen LogP contribution in [0.4, 0.5) is 5.69 Å². The number of β-amino-alcohol motifs (C(OH)–C–C–N with tert-alkyl or cyclic N) is 1. The molecule has 2 unspecified atom stereocenters. The van der Waals surface area contributed by atoms with Gasteiger partial charge < -0.3 is 9.67 Å². The van der Waals surface area contributed by atoms with Crippen LogP contribution in [0.1, 0.15) is 30.0 Å². The maximum absolute atomic E-state index is 12.8. The van der Waals surface area contributed by atoms with Crippen molar-refractivity contribution in [2.24, 2.45) is 18.9 Å². The number of aryl methyl sites for hydroxylation is 1. The van der Waals surface area contributed by atoms with Gasteiger partial charge in [0.2, 0.25) is 0 Å². The molecule has 1 aromatic heterocycles. The summed E-state index contributed by atoms with van der Waals surface area (Å²) in [6, 6.07) is 16.2. The van der Waals surface area contributed by atoms with Crippen molar-refractivity contribution in [3.63, 3.8) is 0 Å². The number of nitrogens with one attached hydrogen (secondary N) is 1. The Balaban J connectivity index is 1.15. The van der Waals surface area contributed by atoms with Gasteiger partial charge in [0.05, 0.1) is 11.9 Å². The van der Waals surface area contributed by atoms with E-state index in [-0.39, 0.29) is 10.4 Å². The molecule has 2 N–H and O–H groups in total. The molecule has 2 aliphatic carbocycles. The Morgan fingerprint density at radius 2 is 1.77 bits per heavy atom. The lowest BCUT2D eigenvalue weighted by Gasteiger charge is -2.32. The molecule has 184 valence electrons. The Bertz CT molecular complexity index is 1350. The molecule has 35 heavy (non-hydrogen) atoms. The number of imidazole rings is 1. The van der Waals surface area contributed by atoms with E-state index in [2.05, 4.69) is 51.9 Å². The first kappa shape index (κ1) is 22.8. The van der Waals surface area contributed by atoms with E-state index in [0.29, 0.717) is 24.1 Å². The molecule has 2 aromatic carbocycles. The highest BCUT2D eigenvalue weighted by molar-refractivity contribution is 7.92. The van der Waals surface area contributed by atoms with Crippen molar-refractivity contribution >= 4 is 15.7 Å². The van der Waals surface area contributed by atoms with Gasteiger partial charge >= 0.3 is 0 Å². The molecule has 7 nitrogen and oxygen atoms in total. The van der Waals surface area contributed by atoms with E-state index in [1.54, 1.807) is 17.7 Å². The molecule has 0 radical (unpaired) electrons. The molecule has 2 atom stereocenters. The second-order valence-electron chi connectivity index (χ2n) is 10.7. The fourth-order valence-corrected chi connectivity index (χ4v) is 7.94. The van der Waals surface area contributed by atoms with Crippen molar-refractivity contribution in [3.8, 4) is 0 Å². The number of likely N-dealkylation sites (tertiary alicyclic amines) is 1. The molecule has 0 bridgehead atoms. The summed E-state index contributed by atoms with van der Waals surface area (Å²) in [7, 11) is -1.98. The molecule has 1 aliphatic heterocycles. The number of sulfonamides is 1. The summed E-state index contributed by atoms with van der Waals surface area (Å²) in [5, 5.41) is 11.3. The zero-order chi connectivity index (χ0) is 24.4. The molecule has 3 aromatic rings. The van der Waals surface area contributed by atoms with Crippen LogP contribution >= 0.6 is 0 Å². The minimum Gasteiger partial charge on any atom is -0.388 e. The van der Waals surface area contributed by atoms with Crippen molar-refractivity contribution in [2.75, 3.05) is 24.4 Å². The first-order valence-electron chi connectivity index (χ1n) is 12.4. The van der Waals surface area contributed by atoms with E-state index >= 15 is 0 Å². The Labute approximate surface area is 206 Å². The lowest BCUT2D eigenvalue weighted by Crippen LogP contribution is -2.45. The van der Waals surface area contributed by atoms with Gasteiger partial charge in [-0.2, -0.15) is 8.42 Å². The van der Waals surface area contributed by atoms with Gasteiger partial charge in [-0.15, -0.1) is 0 Å². The summed E-state index contributed by atoms with van der Waals surface area (Å²) in [6.45, 7) is 4.88. The minimum atomic E-state index is -3.73. The van der Waals surface area contributed by atoms with E-state index in [1.807, 2.05) is 12.1 Å². The maximum atomic E-state index is 12.8. The quantitative estimate of drug-likeness (QED) is 0.530. The highest BCUT2D eigenvalue weighted by atomic mass is 32.2. The third kappa shape index (κ3) is 3.79. The molecular formula is C27H32N4O3S. The van der Waals surface area contributed by atoms with E-state index < -0.39 is 15.6 Å². The van der Waals surface area contributed by atoms with Crippen molar-refractivity contribution in [3.05, 3.63) is 77.7 Å². The number of fused-ring (bicyclic) bond motifs is 2. The summed E-state index contributed by atoms with van der Waals surface area (Å²) in [6.07, 6.45) is 5.45. The molecule has 8 heteroatoms. The van der Waals surface area contributed by atoms with Gasteiger partial charge in [-0.1, -0.05) is 43.3 Å². The number of hydrogen-bond donors (Lipinski definition) is 2. The zero-order valence-corrected chi connectivity index (χ0v) is 21.0. The average molecular weight is 493 g/mol. The molecule has 6 rings (SSSR count). The van der Waals surface area contributed by atoms with Crippen LogP contribution in [0.25, 0.3) is 0 Å². The number of hydrogen-bond acceptors (Lipinski definition) is 5. The van der Waals surface area contributed by atoms with Gasteiger partial charge in [-0.25, -0.2) is 4.98 Å². The predicted molar refractivity (Wildman–Crippen MR) is 135 cm³/mol. The van der Waals surface area contributed by atoms with Crippen molar-refractivity contribution in [2.45, 2.75) is 42.2 Å². The van der Waals surface area contributed by atoms with Crippen LogP contribution < -0.4 is 4.72 Å². The number of nitrogens with zero attached hydrogens (tertiary/aromatic N) is 3. The highest BCUT2D eigenvalue weighted by Gasteiger charge is 2.67. The Hall–Kier alpha value is -2.68. The van der Waals surface area contributed by atoms with Crippen LogP contribution in [-0.2, 0) is 35.3 Å². The maximum Gasteiger partial charge on any atom is 0.280 e. The molecular weight excluding hydrogens is 460 g/mol. The molecule has 2 fully saturated rings. The van der Waals surface area contributed by atoms with Crippen molar-refractivity contribution < 1.29 is 13.5 Å². The second-order valence-corrected chi connectivity index (χ2v) is 12.3. The smallest absolute Gasteiger partial charge is 0.280 e. The molecule has 3 aliphatic rings. The standard InChI is InChI=1S/C27H32N4O3S/c1-3-27(21-9-6-10-22(11-21)29-35(33,34)25-16-30(2)18-28-25)23-14-31(15-24(23)27)17-26(32)12-19-7-4-5-8-20(19)13-26/h4-11,16,18,23-24,29,32H,3,12-15,17H2,1-2H3. The van der Waals surface area contributed by atoms with Crippen molar-refractivity contribution in [1.82, 2.24) is 14.5 Å². The first-order chi connectivity index (χ1) is 16.7. The third-order valence-electron chi connectivity index (χ3n) is 8.48. The van der Waals surface area contributed by atoms with E-state index in [4.69, 9.17) is 0 Å². The highest BCUT2D eigenvalue weighted by Crippen LogP contribution is 2.65. The van der Waals surface area contributed by atoms with Crippen LogP contribution in [-0.4, -0.2) is 53.2 Å². The van der Waals surface area contributed by atoms with Gasteiger partial charge in [-0.05, 0) is 47.1 Å². The molecule has 0 spiro atoms. The SMILES string of the molecule is CCC1(c2cccc(NS(=O)(=O)c3cn(C)cn3)c2)C2CN(CC3(O)Cc4ccccc4C3)CC21. The topological polar surface area (TPSA) is 87.5 Å². The van der Waals surface area contributed by atoms with Crippen LogP contribution in [0.3, 0.4) is 0 Å². The monoisotopic (exact) mass is 492 g/mol. The lowest BCUT2D eigenvalue weighted by atomic mass is 9.87. The minimum absolute atomic E-state index is 0.0153. The largest absolute Gasteiger partial charge is 0.388 e. The third-order valence-corrected chi connectivity index (χ3v) is 9.74. The number of benzene rings is 2. The normalized spacial score (nSPS) is 26.9. The fraction of sp³-hybridized carbons (Fsp3) is 0.444. The summed E-state index contributed by atoms with van der Waals surface area (Å²) >= 11 is 0. The average Bonchev–Trinajstić information content (AvgIpc) is 3.23.